The summed E-state index contributed by atoms with van der Waals surface area (Å²) in [6.07, 6.45) is 2.44. The van der Waals surface area contributed by atoms with Crippen molar-refractivity contribution in [3.8, 4) is 0 Å². The summed E-state index contributed by atoms with van der Waals surface area (Å²) in [7, 11) is 0. The minimum atomic E-state index is -0.521. The Hall–Kier alpha value is -1.63. The highest BCUT2D eigenvalue weighted by Gasteiger charge is 2.23. The van der Waals surface area contributed by atoms with Gasteiger partial charge in [-0.15, -0.1) is 0 Å². The van der Waals surface area contributed by atoms with E-state index in [0.717, 1.165) is 6.42 Å². The molecule has 0 saturated heterocycles. The standard InChI is InChI=1S/C13H17ClFN5/c1-2-5-20-13(10(14)7-18-20)12(19-17)9-6-8(15)3-4-11(9)16/h3-4,6-7,12,19H,2,5,16-17H2,1H3. The minimum Gasteiger partial charge on any atom is -0.398 e. The summed E-state index contributed by atoms with van der Waals surface area (Å²) in [5, 5.41) is 4.67. The monoisotopic (exact) mass is 297 g/mol. The summed E-state index contributed by atoms with van der Waals surface area (Å²) in [5.74, 6) is 5.24. The van der Waals surface area contributed by atoms with Crippen LogP contribution in [-0.4, -0.2) is 9.78 Å². The number of aromatic nitrogens is 2. The Morgan fingerprint density at radius 1 is 1.50 bits per heavy atom. The van der Waals surface area contributed by atoms with E-state index >= 15 is 0 Å². The maximum Gasteiger partial charge on any atom is 0.123 e. The van der Waals surface area contributed by atoms with Crippen LogP contribution in [0.2, 0.25) is 5.02 Å². The molecular weight excluding hydrogens is 281 g/mol. The average molecular weight is 298 g/mol. The first kappa shape index (κ1) is 14.8. The van der Waals surface area contributed by atoms with E-state index in [1.807, 2.05) is 6.92 Å². The van der Waals surface area contributed by atoms with Crippen molar-refractivity contribution in [2.45, 2.75) is 25.9 Å². The highest BCUT2D eigenvalue weighted by Crippen LogP contribution is 2.31. The zero-order valence-electron chi connectivity index (χ0n) is 11.1. The summed E-state index contributed by atoms with van der Waals surface area (Å²) >= 11 is 6.18. The Balaban J connectivity index is 2.52. The van der Waals surface area contributed by atoms with Crippen molar-refractivity contribution in [3.63, 3.8) is 0 Å². The van der Waals surface area contributed by atoms with Crippen molar-refractivity contribution >= 4 is 17.3 Å². The fourth-order valence-electron chi connectivity index (χ4n) is 2.16. The highest BCUT2D eigenvalue weighted by molar-refractivity contribution is 6.31. The van der Waals surface area contributed by atoms with Crippen molar-refractivity contribution in [1.29, 1.82) is 0 Å². The first-order valence-electron chi connectivity index (χ1n) is 6.30. The van der Waals surface area contributed by atoms with Crippen molar-refractivity contribution < 1.29 is 4.39 Å². The molecule has 1 aromatic carbocycles. The molecule has 1 atom stereocenters. The van der Waals surface area contributed by atoms with Crippen LogP contribution in [0.3, 0.4) is 0 Å². The summed E-state index contributed by atoms with van der Waals surface area (Å²) in [4.78, 5) is 0. The van der Waals surface area contributed by atoms with Gasteiger partial charge in [0.15, 0.2) is 0 Å². The van der Waals surface area contributed by atoms with Gasteiger partial charge in [-0.25, -0.2) is 9.82 Å². The number of benzene rings is 1. The van der Waals surface area contributed by atoms with E-state index in [4.69, 9.17) is 23.2 Å². The Morgan fingerprint density at radius 3 is 2.90 bits per heavy atom. The van der Waals surface area contributed by atoms with Crippen LogP contribution in [0.4, 0.5) is 10.1 Å². The first-order valence-corrected chi connectivity index (χ1v) is 6.68. The van der Waals surface area contributed by atoms with Gasteiger partial charge < -0.3 is 5.73 Å². The molecule has 7 heteroatoms. The molecule has 0 aliphatic carbocycles. The Kier molecular flexibility index (Phi) is 4.59. The predicted molar refractivity (Wildman–Crippen MR) is 77.5 cm³/mol. The number of nitrogen functional groups attached to an aromatic ring is 1. The smallest absolute Gasteiger partial charge is 0.123 e. The van der Waals surface area contributed by atoms with E-state index in [1.165, 1.54) is 18.2 Å². The second kappa shape index (κ2) is 6.21. The van der Waals surface area contributed by atoms with Crippen LogP contribution in [0.5, 0.6) is 0 Å². The van der Waals surface area contributed by atoms with E-state index in [-0.39, 0.29) is 5.82 Å². The van der Waals surface area contributed by atoms with E-state index < -0.39 is 6.04 Å². The fraction of sp³-hybridized carbons (Fsp3) is 0.308. The van der Waals surface area contributed by atoms with Gasteiger partial charge in [0, 0.05) is 17.8 Å². The molecule has 5 nitrogen and oxygen atoms in total. The van der Waals surface area contributed by atoms with Gasteiger partial charge in [0.25, 0.3) is 0 Å². The molecule has 0 fully saturated rings. The van der Waals surface area contributed by atoms with Crippen molar-refractivity contribution in [3.05, 3.63) is 46.5 Å². The Morgan fingerprint density at radius 2 is 2.25 bits per heavy atom. The predicted octanol–water partition coefficient (Wildman–Crippen LogP) is 2.22. The third-order valence-electron chi connectivity index (χ3n) is 3.07. The number of halogens is 2. The van der Waals surface area contributed by atoms with Crippen molar-refractivity contribution in [1.82, 2.24) is 15.2 Å². The van der Waals surface area contributed by atoms with Gasteiger partial charge in [-0.1, -0.05) is 18.5 Å². The number of nitrogens with zero attached hydrogens (tertiary/aromatic N) is 2. The molecule has 0 aliphatic heterocycles. The number of hydrazine groups is 1. The van der Waals surface area contributed by atoms with Crippen LogP contribution >= 0.6 is 11.6 Å². The second-order valence-electron chi connectivity index (χ2n) is 4.47. The molecule has 1 unspecified atom stereocenters. The largest absolute Gasteiger partial charge is 0.398 e. The molecule has 0 aliphatic rings. The van der Waals surface area contributed by atoms with Crippen LogP contribution in [-0.2, 0) is 6.54 Å². The fourth-order valence-corrected chi connectivity index (χ4v) is 2.41. The maximum atomic E-state index is 13.5. The number of aryl methyl sites for hydroxylation is 1. The van der Waals surface area contributed by atoms with Gasteiger partial charge in [-0.2, -0.15) is 5.10 Å². The average Bonchev–Trinajstić information content (AvgIpc) is 2.77. The van der Waals surface area contributed by atoms with E-state index in [0.29, 0.717) is 28.5 Å². The van der Waals surface area contributed by atoms with Crippen molar-refractivity contribution in [2.24, 2.45) is 5.84 Å². The van der Waals surface area contributed by atoms with Gasteiger partial charge in [0.05, 0.1) is 23.0 Å². The Labute approximate surface area is 121 Å². The third-order valence-corrected chi connectivity index (χ3v) is 3.36. The van der Waals surface area contributed by atoms with Crippen LogP contribution in [0.25, 0.3) is 0 Å². The van der Waals surface area contributed by atoms with Crippen molar-refractivity contribution in [2.75, 3.05) is 5.73 Å². The van der Waals surface area contributed by atoms with Crippen LogP contribution in [0, 0.1) is 5.82 Å². The van der Waals surface area contributed by atoms with E-state index in [1.54, 1.807) is 10.9 Å². The molecule has 0 bridgehead atoms. The number of hydrogen-bond acceptors (Lipinski definition) is 4. The minimum absolute atomic E-state index is 0.382. The topological polar surface area (TPSA) is 81.9 Å². The molecule has 0 amide bonds. The molecule has 1 heterocycles. The number of nitrogens with one attached hydrogen (secondary N) is 1. The number of nitrogens with two attached hydrogens (primary N) is 2. The summed E-state index contributed by atoms with van der Waals surface area (Å²) in [5.41, 5.74) is 10.2. The molecule has 2 aromatic rings. The SMILES string of the molecule is CCCn1ncc(Cl)c1C(NN)c1cc(F)ccc1N. The summed E-state index contributed by atoms with van der Waals surface area (Å²) < 4.78 is 15.2. The molecule has 2 rings (SSSR count). The summed E-state index contributed by atoms with van der Waals surface area (Å²) in [6, 6.07) is 3.63. The van der Waals surface area contributed by atoms with Gasteiger partial charge in [0.1, 0.15) is 5.82 Å². The second-order valence-corrected chi connectivity index (χ2v) is 4.88. The molecule has 0 radical (unpaired) electrons. The number of anilines is 1. The quantitative estimate of drug-likeness (QED) is 0.449. The van der Waals surface area contributed by atoms with E-state index in [9.17, 15) is 4.39 Å². The Bertz CT molecular complexity index is 598. The number of hydrogen-bond donors (Lipinski definition) is 3. The van der Waals surface area contributed by atoms with Gasteiger partial charge in [-0.05, 0) is 24.6 Å². The van der Waals surface area contributed by atoms with Gasteiger partial charge in [0.2, 0.25) is 0 Å². The summed E-state index contributed by atoms with van der Waals surface area (Å²) in [6.45, 7) is 2.72. The lowest BCUT2D eigenvalue weighted by molar-refractivity contribution is 0.519. The molecule has 0 saturated carbocycles. The van der Waals surface area contributed by atoms with Crippen LogP contribution in [0.1, 0.15) is 30.6 Å². The molecule has 0 spiro atoms. The van der Waals surface area contributed by atoms with Gasteiger partial charge in [-0.3, -0.25) is 10.5 Å². The zero-order valence-corrected chi connectivity index (χ0v) is 11.9. The van der Waals surface area contributed by atoms with Crippen LogP contribution in [0.15, 0.2) is 24.4 Å². The zero-order chi connectivity index (χ0) is 14.7. The third kappa shape index (κ3) is 2.77. The van der Waals surface area contributed by atoms with E-state index in [2.05, 4.69) is 10.5 Å². The lowest BCUT2D eigenvalue weighted by Crippen LogP contribution is -2.31. The molecule has 20 heavy (non-hydrogen) atoms. The molecule has 108 valence electrons. The van der Waals surface area contributed by atoms with Gasteiger partial charge >= 0.3 is 0 Å². The lowest BCUT2D eigenvalue weighted by Gasteiger charge is -2.20. The lowest BCUT2D eigenvalue weighted by atomic mass is 10.0. The molecular formula is C13H17ClFN5. The first-order chi connectivity index (χ1) is 9.58. The number of rotatable bonds is 5. The molecule has 5 N–H and O–H groups in total. The molecule has 1 aromatic heterocycles. The maximum absolute atomic E-state index is 13.5. The highest BCUT2D eigenvalue weighted by atomic mass is 35.5. The normalized spacial score (nSPS) is 12.6. The van der Waals surface area contributed by atoms with Crippen LogP contribution < -0.4 is 17.0 Å².